The first-order chi connectivity index (χ1) is 18.0. The van der Waals surface area contributed by atoms with Gasteiger partial charge in [0, 0.05) is 5.92 Å². The van der Waals surface area contributed by atoms with Gasteiger partial charge in [-0.25, -0.2) is 0 Å². The Balaban J connectivity index is 3.04. The third kappa shape index (κ3) is 6.95. The van der Waals surface area contributed by atoms with Crippen LogP contribution in [-0.4, -0.2) is 0 Å². The quantitative estimate of drug-likeness (QED) is 0.233. The van der Waals surface area contributed by atoms with Crippen molar-refractivity contribution in [2.24, 2.45) is 0 Å². The molecule has 0 fully saturated rings. The molecule has 0 spiro atoms. The largest absolute Gasteiger partial charge is 0.0648 e. The smallest absolute Gasteiger partial charge is 0.00670 e. The Morgan fingerprint density at radius 3 is 0.895 bits per heavy atom. The van der Waals surface area contributed by atoms with Crippen LogP contribution in [0.4, 0.5) is 0 Å². The van der Waals surface area contributed by atoms with E-state index in [4.69, 9.17) is 0 Å². The zero-order chi connectivity index (χ0) is 28.7. The lowest BCUT2D eigenvalue weighted by Gasteiger charge is -2.32. The van der Waals surface area contributed by atoms with Crippen LogP contribution in [0, 0.1) is 0 Å². The van der Waals surface area contributed by atoms with Crippen LogP contribution >= 0.6 is 0 Å². The summed E-state index contributed by atoms with van der Waals surface area (Å²) in [6, 6.07) is 10.4. The Bertz CT molecular complexity index is 930. The van der Waals surface area contributed by atoms with E-state index in [1.165, 1.54) is 38.5 Å². The summed E-state index contributed by atoms with van der Waals surface area (Å²) in [5.41, 5.74) is 12.8. The van der Waals surface area contributed by atoms with Crippen LogP contribution in [0.2, 0.25) is 0 Å². The summed E-state index contributed by atoms with van der Waals surface area (Å²) in [6.07, 6.45) is 7.15. The summed E-state index contributed by atoms with van der Waals surface area (Å²) in [5, 5.41) is 0. The Morgan fingerprint density at radius 1 is 0.368 bits per heavy atom. The molecule has 38 heavy (non-hydrogen) atoms. The third-order valence-corrected chi connectivity index (χ3v) is 10.3. The van der Waals surface area contributed by atoms with E-state index in [1.54, 1.807) is 44.5 Å². The molecule has 6 unspecified atom stereocenters. The lowest BCUT2D eigenvalue weighted by Crippen LogP contribution is -2.15. The second-order valence-corrected chi connectivity index (χ2v) is 12.8. The molecule has 2 aromatic carbocycles. The SMILES string of the molecule is CCC(C)c1cc(C(C)CC)c(C(C)CC)c(C(C)c2cc(C(C)CC)cc(C(C)CC)c2C(C)CC)c1. The Kier molecular flexibility index (Phi) is 12.6. The van der Waals surface area contributed by atoms with Crippen LogP contribution in [0.15, 0.2) is 24.3 Å². The fourth-order valence-electron chi connectivity index (χ4n) is 6.17. The first-order valence-electron chi connectivity index (χ1n) is 16.4. The second-order valence-electron chi connectivity index (χ2n) is 12.8. The Hall–Kier alpha value is -1.56. The minimum atomic E-state index is 0.390. The monoisotopic (exact) mass is 518 g/mol. The highest BCUT2D eigenvalue weighted by Gasteiger charge is 2.28. The number of benzene rings is 2. The number of hydrogen-bond donors (Lipinski definition) is 0. The molecule has 6 atom stereocenters. The van der Waals surface area contributed by atoms with Crippen molar-refractivity contribution in [3.8, 4) is 0 Å². The molecule has 0 heterocycles. The molecule has 0 amide bonds. The van der Waals surface area contributed by atoms with Crippen LogP contribution in [0.5, 0.6) is 0 Å². The van der Waals surface area contributed by atoms with Gasteiger partial charge in [0.15, 0.2) is 0 Å². The van der Waals surface area contributed by atoms with Gasteiger partial charge < -0.3 is 0 Å². The number of rotatable bonds is 14. The first kappa shape index (κ1) is 32.7. The van der Waals surface area contributed by atoms with E-state index >= 15 is 0 Å². The molecule has 0 saturated carbocycles. The molecule has 0 radical (unpaired) electrons. The molecule has 0 aromatic heterocycles. The van der Waals surface area contributed by atoms with Crippen LogP contribution in [0.1, 0.15) is 214 Å². The zero-order valence-corrected chi connectivity index (χ0v) is 27.6. The molecule has 0 saturated heterocycles. The van der Waals surface area contributed by atoms with Crippen LogP contribution in [0.25, 0.3) is 0 Å². The topological polar surface area (TPSA) is 0 Å². The summed E-state index contributed by atoms with van der Waals surface area (Å²) >= 11 is 0. The summed E-state index contributed by atoms with van der Waals surface area (Å²) in [7, 11) is 0. The molecule has 0 aliphatic rings. The molecular formula is C38H62. The molecule has 214 valence electrons. The number of hydrogen-bond acceptors (Lipinski definition) is 0. The molecular weight excluding hydrogens is 456 g/mol. The van der Waals surface area contributed by atoms with Gasteiger partial charge in [0.1, 0.15) is 0 Å². The summed E-state index contributed by atoms with van der Waals surface area (Å²) < 4.78 is 0. The minimum absolute atomic E-state index is 0.390. The molecule has 2 aromatic rings. The van der Waals surface area contributed by atoms with Gasteiger partial charge in [-0.3, -0.25) is 0 Å². The highest BCUT2D eigenvalue weighted by Crippen LogP contribution is 2.45. The standard InChI is InChI=1S/C38H62/c1-14-24(7)31-20-33(26(9)16-3)37(28(11)18-5)35(22-31)30(13)36-23-32(25(8)15-2)21-34(27(10)17-4)38(36)29(12)19-6/h20-30H,14-19H2,1-13H3. The van der Waals surface area contributed by atoms with E-state index in [0.29, 0.717) is 41.4 Å². The Morgan fingerprint density at radius 2 is 0.632 bits per heavy atom. The molecule has 0 aliphatic heterocycles. The average molecular weight is 519 g/mol. The van der Waals surface area contributed by atoms with Crippen LogP contribution < -0.4 is 0 Å². The van der Waals surface area contributed by atoms with Gasteiger partial charge in [-0.05, 0) is 119 Å². The van der Waals surface area contributed by atoms with Crippen LogP contribution in [0.3, 0.4) is 0 Å². The highest BCUT2D eigenvalue weighted by molar-refractivity contribution is 5.53. The molecule has 0 nitrogen and oxygen atoms in total. The maximum Gasteiger partial charge on any atom is 0.00670 e. The predicted octanol–water partition coefficient (Wildman–Crippen LogP) is 12.9. The van der Waals surface area contributed by atoms with Crippen molar-refractivity contribution in [2.45, 2.75) is 170 Å². The van der Waals surface area contributed by atoms with E-state index in [-0.39, 0.29) is 0 Å². The van der Waals surface area contributed by atoms with E-state index in [2.05, 4.69) is 114 Å². The Labute approximate surface area is 238 Å². The maximum absolute atomic E-state index is 2.63. The van der Waals surface area contributed by atoms with Crippen molar-refractivity contribution < 1.29 is 0 Å². The molecule has 0 N–H and O–H groups in total. The van der Waals surface area contributed by atoms with Crippen molar-refractivity contribution in [1.82, 2.24) is 0 Å². The fraction of sp³-hybridized carbons (Fsp3) is 0.684. The molecule has 0 aliphatic carbocycles. The second kappa shape index (κ2) is 14.7. The lowest BCUT2D eigenvalue weighted by atomic mass is 9.72. The van der Waals surface area contributed by atoms with Gasteiger partial charge in [-0.2, -0.15) is 0 Å². The molecule has 0 heteroatoms. The van der Waals surface area contributed by atoms with Gasteiger partial charge >= 0.3 is 0 Å². The average Bonchev–Trinajstić information content (AvgIpc) is 2.96. The van der Waals surface area contributed by atoms with Gasteiger partial charge in [-0.15, -0.1) is 0 Å². The van der Waals surface area contributed by atoms with Gasteiger partial charge in [0.05, 0.1) is 0 Å². The maximum atomic E-state index is 2.63. The molecule has 0 bridgehead atoms. The van der Waals surface area contributed by atoms with Crippen molar-refractivity contribution in [1.29, 1.82) is 0 Å². The fourth-order valence-corrected chi connectivity index (χ4v) is 6.17. The minimum Gasteiger partial charge on any atom is -0.0648 e. The van der Waals surface area contributed by atoms with Crippen molar-refractivity contribution in [2.75, 3.05) is 0 Å². The van der Waals surface area contributed by atoms with Crippen molar-refractivity contribution in [3.63, 3.8) is 0 Å². The normalized spacial score (nSPS) is 17.5. The van der Waals surface area contributed by atoms with Crippen molar-refractivity contribution >= 4 is 0 Å². The van der Waals surface area contributed by atoms with E-state index in [0.717, 1.165) is 0 Å². The molecule has 2 rings (SSSR count). The van der Waals surface area contributed by atoms with Gasteiger partial charge in [0.2, 0.25) is 0 Å². The third-order valence-electron chi connectivity index (χ3n) is 10.3. The zero-order valence-electron chi connectivity index (χ0n) is 27.6. The predicted molar refractivity (Wildman–Crippen MR) is 173 cm³/mol. The highest BCUT2D eigenvalue weighted by atomic mass is 14.3. The summed E-state index contributed by atoms with van der Waals surface area (Å²) in [6.45, 7) is 31.4. The van der Waals surface area contributed by atoms with Crippen LogP contribution in [-0.2, 0) is 0 Å². The summed E-state index contributed by atoms with van der Waals surface area (Å²) in [4.78, 5) is 0. The van der Waals surface area contributed by atoms with E-state index < -0.39 is 0 Å². The van der Waals surface area contributed by atoms with Gasteiger partial charge in [0.25, 0.3) is 0 Å². The first-order valence-corrected chi connectivity index (χ1v) is 16.4. The van der Waals surface area contributed by atoms with E-state index in [9.17, 15) is 0 Å². The van der Waals surface area contributed by atoms with Crippen molar-refractivity contribution in [3.05, 3.63) is 68.8 Å². The summed E-state index contributed by atoms with van der Waals surface area (Å²) in [5.74, 6) is 3.89. The lowest BCUT2D eigenvalue weighted by molar-refractivity contribution is 0.641. The van der Waals surface area contributed by atoms with Gasteiger partial charge in [-0.1, -0.05) is 114 Å². The van der Waals surface area contributed by atoms with E-state index in [1.807, 2.05) is 0 Å².